The lowest BCUT2D eigenvalue weighted by Crippen LogP contribution is -2.39. The summed E-state index contributed by atoms with van der Waals surface area (Å²) < 4.78 is 0. The number of hydrogen-bond acceptors (Lipinski definition) is 0. The molecule has 0 aliphatic heterocycles. The molecule has 0 saturated heterocycles. The van der Waals surface area contributed by atoms with Crippen LogP contribution in [-0.4, -0.2) is 8.07 Å². The normalized spacial score (nSPS) is 13.6. The van der Waals surface area contributed by atoms with E-state index in [0.717, 1.165) is 0 Å². The summed E-state index contributed by atoms with van der Waals surface area (Å²) in [5, 5.41) is 0.668. The van der Waals surface area contributed by atoms with Gasteiger partial charge in [-0.3, -0.25) is 0 Å². The molecule has 0 atom stereocenters. The van der Waals surface area contributed by atoms with Gasteiger partial charge in [0.15, 0.2) is 0 Å². The first-order valence-corrected chi connectivity index (χ1v) is 8.14. The quantitative estimate of drug-likeness (QED) is 0.555. The van der Waals surface area contributed by atoms with Crippen LogP contribution in [0.5, 0.6) is 0 Å². The van der Waals surface area contributed by atoms with E-state index in [4.69, 9.17) is 0 Å². The van der Waals surface area contributed by atoms with Gasteiger partial charge >= 0.3 is 0 Å². The molecule has 0 aliphatic rings. The summed E-state index contributed by atoms with van der Waals surface area (Å²) >= 11 is 0. The third-order valence-corrected chi connectivity index (χ3v) is 9.82. The molecule has 0 N–H and O–H groups in total. The van der Waals surface area contributed by atoms with E-state index in [2.05, 4.69) is 40.8 Å². The number of rotatable bonds is 4. The monoisotopic (exact) mass is 172 g/mol. The molecule has 0 nitrogen and oxygen atoms in total. The van der Waals surface area contributed by atoms with Crippen LogP contribution in [0, 0.1) is 0 Å². The van der Waals surface area contributed by atoms with Gasteiger partial charge in [0, 0.05) is 0 Å². The highest BCUT2D eigenvalue weighted by Crippen LogP contribution is 2.45. The van der Waals surface area contributed by atoms with E-state index in [1.165, 1.54) is 18.9 Å². The molecule has 0 rings (SSSR count). The molecule has 1 heteroatoms. The molecule has 0 fully saturated rings. The zero-order valence-electron chi connectivity index (χ0n) is 9.12. The third-order valence-electron chi connectivity index (χ3n) is 4.08. The largest absolute Gasteiger partial charge is 0.0690 e. The van der Waals surface area contributed by atoms with Crippen LogP contribution in [-0.2, 0) is 0 Å². The van der Waals surface area contributed by atoms with Crippen LogP contribution in [0.4, 0.5) is 0 Å². The SMILES string of the molecule is CCC(C)(CC)[Si](C)(C)CC. The Labute approximate surface area is 73.4 Å². The Morgan fingerprint density at radius 3 is 1.45 bits per heavy atom. The van der Waals surface area contributed by atoms with Crippen LogP contribution in [0.25, 0.3) is 0 Å². The highest BCUT2D eigenvalue weighted by molar-refractivity contribution is 6.80. The fourth-order valence-corrected chi connectivity index (χ4v) is 4.40. The van der Waals surface area contributed by atoms with Crippen molar-refractivity contribution in [3.05, 3.63) is 0 Å². The van der Waals surface area contributed by atoms with Crippen molar-refractivity contribution in [1.82, 2.24) is 0 Å². The Morgan fingerprint density at radius 1 is 1.00 bits per heavy atom. The van der Waals surface area contributed by atoms with Crippen LogP contribution < -0.4 is 0 Å². The Morgan fingerprint density at radius 2 is 1.36 bits per heavy atom. The molecule has 0 saturated carbocycles. The molecule has 0 aromatic heterocycles. The van der Waals surface area contributed by atoms with Crippen molar-refractivity contribution in [3.63, 3.8) is 0 Å². The van der Waals surface area contributed by atoms with E-state index < -0.39 is 8.07 Å². The van der Waals surface area contributed by atoms with Gasteiger partial charge in [-0.25, -0.2) is 0 Å². The summed E-state index contributed by atoms with van der Waals surface area (Å²) in [5.41, 5.74) is 0. The Bertz CT molecular complexity index is 112. The molecule has 0 radical (unpaired) electrons. The van der Waals surface area contributed by atoms with Gasteiger partial charge in [0.1, 0.15) is 0 Å². The van der Waals surface area contributed by atoms with Crippen LogP contribution in [0.15, 0.2) is 0 Å². The van der Waals surface area contributed by atoms with Crippen molar-refractivity contribution < 1.29 is 0 Å². The molecule has 68 valence electrons. The predicted molar refractivity (Wildman–Crippen MR) is 56.9 cm³/mol. The van der Waals surface area contributed by atoms with E-state index in [1.54, 1.807) is 0 Å². The van der Waals surface area contributed by atoms with Crippen LogP contribution in [0.3, 0.4) is 0 Å². The van der Waals surface area contributed by atoms with Gasteiger partial charge < -0.3 is 0 Å². The lowest BCUT2D eigenvalue weighted by Gasteiger charge is -2.41. The molecule has 0 spiro atoms. The van der Waals surface area contributed by atoms with Gasteiger partial charge in [0.2, 0.25) is 0 Å². The summed E-state index contributed by atoms with van der Waals surface area (Å²) in [6, 6.07) is 1.42. The minimum absolute atomic E-state index is 0.668. The highest BCUT2D eigenvalue weighted by atomic mass is 28.3. The van der Waals surface area contributed by atoms with E-state index in [1.807, 2.05) is 0 Å². The van der Waals surface area contributed by atoms with E-state index in [9.17, 15) is 0 Å². The maximum atomic E-state index is 2.53. The molecule has 11 heavy (non-hydrogen) atoms. The Hall–Kier alpha value is 0.217. The minimum Gasteiger partial charge on any atom is -0.0690 e. The van der Waals surface area contributed by atoms with Crippen molar-refractivity contribution in [3.8, 4) is 0 Å². The van der Waals surface area contributed by atoms with Crippen molar-refractivity contribution in [1.29, 1.82) is 0 Å². The summed E-state index contributed by atoms with van der Waals surface area (Å²) in [6.07, 6.45) is 2.72. The summed E-state index contributed by atoms with van der Waals surface area (Å²) in [6.45, 7) is 14.6. The molecule has 0 bridgehead atoms. The lowest BCUT2D eigenvalue weighted by atomic mass is 10.1. The Balaban J connectivity index is 4.47. The fraction of sp³-hybridized carbons (Fsp3) is 1.00. The van der Waals surface area contributed by atoms with Gasteiger partial charge in [-0.1, -0.05) is 59.7 Å². The first-order chi connectivity index (χ1) is 4.93. The smallest absolute Gasteiger partial charge is 0.0530 e. The van der Waals surface area contributed by atoms with Gasteiger partial charge in [0.05, 0.1) is 8.07 Å². The molecule has 0 unspecified atom stereocenters. The van der Waals surface area contributed by atoms with Gasteiger partial charge in [0.25, 0.3) is 0 Å². The molecular weight excluding hydrogens is 148 g/mol. The summed E-state index contributed by atoms with van der Waals surface area (Å²) in [4.78, 5) is 0. The Kier molecular flexibility index (Phi) is 3.82. The first kappa shape index (κ1) is 11.2. The third kappa shape index (κ3) is 2.08. The first-order valence-electron chi connectivity index (χ1n) is 4.93. The summed E-state index contributed by atoms with van der Waals surface area (Å²) in [5.74, 6) is 0. The van der Waals surface area contributed by atoms with Gasteiger partial charge in [-0.05, 0) is 5.04 Å². The van der Waals surface area contributed by atoms with E-state index >= 15 is 0 Å². The number of hydrogen-bond donors (Lipinski definition) is 0. The van der Waals surface area contributed by atoms with Crippen molar-refractivity contribution >= 4 is 8.07 Å². The summed E-state index contributed by atoms with van der Waals surface area (Å²) in [7, 11) is -0.931. The average Bonchev–Trinajstić information content (AvgIpc) is 2.02. The molecule has 0 amide bonds. The molecule has 0 aromatic rings. The van der Waals surface area contributed by atoms with E-state index in [-0.39, 0.29) is 0 Å². The zero-order chi connectivity index (χ0) is 9.12. The fourth-order valence-electron chi connectivity index (χ4n) is 1.63. The van der Waals surface area contributed by atoms with Crippen LogP contribution >= 0.6 is 0 Å². The lowest BCUT2D eigenvalue weighted by molar-refractivity contribution is 0.539. The topological polar surface area (TPSA) is 0 Å². The second kappa shape index (κ2) is 3.75. The molecular formula is C10H24Si. The van der Waals surface area contributed by atoms with Crippen LogP contribution in [0.2, 0.25) is 24.2 Å². The average molecular weight is 172 g/mol. The van der Waals surface area contributed by atoms with Crippen molar-refractivity contribution in [2.75, 3.05) is 0 Å². The van der Waals surface area contributed by atoms with Crippen molar-refractivity contribution in [2.45, 2.75) is 64.7 Å². The minimum atomic E-state index is -0.931. The van der Waals surface area contributed by atoms with Gasteiger partial charge in [-0.2, -0.15) is 0 Å². The molecule has 0 aromatic carbocycles. The van der Waals surface area contributed by atoms with Crippen LogP contribution in [0.1, 0.15) is 40.5 Å². The second-order valence-corrected chi connectivity index (χ2v) is 10.2. The maximum Gasteiger partial charge on any atom is 0.0530 e. The maximum absolute atomic E-state index is 2.53. The highest BCUT2D eigenvalue weighted by Gasteiger charge is 2.37. The molecule has 0 heterocycles. The standard InChI is InChI=1S/C10H24Si/c1-7-10(4,8-2)11(5,6)9-3/h7-9H2,1-6H3. The van der Waals surface area contributed by atoms with Gasteiger partial charge in [-0.15, -0.1) is 0 Å². The zero-order valence-corrected chi connectivity index (χ0v) is 10.1. The molecule has 0 aliphatic carbocycles. The predicted octanol–water partition coefficient (Wildman–Crippen LogP) is 4.30. The second-order valence-electron chi connectivity index (χ2n) is 4.51. The van der Waals surface area contributed by atoms with E-state index in [0.29, 0.717) is 5.04 Å². The van der Waals surface area contributed by atoms with Crippen molar-refractivity contribution in [2.24, 2.45) is 0 Å².